The monoisotopic (exact) mass is 317 g/mol. The Morgan fingerprint density at radius 2 is 1.54 bits per heavy atom. The van der Waals surface area contributed by atoms with E-state index in [0.717, 1.165) is 12.1 Å². The summed E-state index contributed by atoms with van der Waals surface area (Å²) in [4.78, 5) is 0. The fraction of sp³-hybridized carbons (Fsp3) is 0.190. The second-order valence-electron chi connectivity index (χ2n) is 5.68. The molecule has 1 aliphatic rings. The molecule has 0 amide bonds. The molecule has 0 N–H and O–H groups in total. The summed E-state index contributed by atoms with van der Waals surface area (Å²) in [6.45, 7) is 0. The molecule has 1 nitrogen and oxygen atoms in total. The number of hydrogen-bond acceptors (Lipinski definition) is 1. The zero-order valence-corrected chi connectivity index (χ0v) is 12.9. The van der Waals surface area contributed by atoms with Gasteiger partial charge in [-0.05, 0) is 48.6 Å². The minimum Gasteiger partial charge on any atom is -0.205 e. The largest absolute Gasteiger partial charge is 0.205 e. The third-order valence-electron chi connectivity index (χ3n) is 4.12. The topological polar surface area (TPSA) is 23.8 Å². The molecule has 1 saturated carbocycles. The van der Waals surface area contributed by atoms with Crippen molar-refractivity contribution in [2.75, 3.05) is 0 Å². The summed E-state index contributed by atoms with van der Waals surface area (Å²) >= 11 is 0. The minimum atomic E-state index is -0.782. The maximum absolute atomic E-state index is 14.0. The van der Waals surface area contributed by atoms with Gasteiger partial charge in [-0.2, -0.15) is 5.26 Å². The van der Waals surface area contributed by atoms with Gasteiger partial charge < -0.3 is 0 Å². The highest BCUT2D eigenvalue weighted by molar-refractivity contribution is 5.48. The molecule has 3 rings (SSSR count). The van der Waals surface area contributed by atoms with Crippen LogP contribution in [-0.2, 0) is 0 Å². The van der Waals surface area contributed by atoms with Crippen molar-refractivity contribution in [3.8, 4) is 29.8 Å². The zero-order valence-electron chi connectivity index (χ0n) is 12.9. The van der Waals surface area contributed by atoms with Crippen LogP contribution in [0, 0.1) is 46.6 Å². The van der Waals surface area contributed by atoms with Crippen LogP contribution in [0.15, 0.2) is 36.4 Å². The number of nitriles is 1. The molecule has 0 spiro atoms. The summed E-state index contributed by atoms with van der Waals surface area (Å²) in [5.74, 6) is 8.88. The Hall–Kier alpha value is -3.09. The second kappa shape index (κ2) is 6.99. The van der Waals surface area contributed by atoms with E-state index in [0.29, 0.717) is 11.5 Å². The van der Waals surface area contributed by atoms with Gasteiger partial charge in [0.1, 0.15) is 11.6 Å². The van der Waals surface area contributed by atoms with Gasteiger partial charge in [0, 0.05) is 17.0 Å². The van der Waals surface area contributed by atoms with Gasteiger partial charge in [-0.15, -0.1) is 0 Å². The molecule has 0 unspecified atom stereocenters. The smallest absolute Gasteiger partial charge is 0.152 e. The molecule has 0 heterocycles. The van der Waals surface area contributed by atoms with Crippen molar-refractivity contribution in [2.45, 2.75) is 25.2 Å². The van der Waals surface area contributed by atoms with Crippen molar-refractivity contribution < 1.29 is 8.78 Å². The standard InChI is InChI=1S/C21H13F2N/c22-20-13-16(3-2-12-24)14-21(23)19(20)11-8-15-6-9-18(10-7-15)17-4-1-5-17/h6-7,9-10,13-14,17H,1,4-5H2. The highest BCUT2D eigenvalue weighted by atomic mass is 19.1. The molecule has 0 aromatic heterocycles. The van der Waals surface area contributed by atoms with Crippen molar-refractivity contribution in [3.63, 3.8) is 0 Å². The van der Waals surface area contributed by atoms with E-state index in [1.807, 2.05) is 24.3 Å². The van der Waals surface area contributed by atoms with Crippen LogP contribution in [0.4, 0.5) is 8.78 Å². The second-order valence-corrected chi connectivity index (χ2v) is 5.68. The van der Waals surface area contributed by atoms with Crippen LogP contribution in [0.1, 0.15) is 47.4 Å². The fourth-order valence-electron chi connectivity index (χ4n) is 2.58. The Labute approximate surface area is 139 Å². The molecule has 0 radical (unpaired) electrons. The third kappa shape index (κ3) is 3.45. The first-order valence-electron chi connectivity index (χ1n) is 7.68. The van der Waals surface area contributed by atoms with Crippen molar-refractivity contribution in [1.82, 2.24) is 0 Å². The lowest BCUT2D eigenvalue weighted by atomic mass is 9.80. The van der Waals surface area contributed by atoms with Crippen molar-refractivity contribution in [1.29, 1.82) is 5.26 Å². The lowest BCUT2D eigenvalue weighted by Crippen LogP contribution is -2.08. The molecule has 0 saturated heterocycles. The first-order chi connectivity index (χ1) is 11.7. The average molecular weight is 317 g/mol. The summed E-state index contributed by atoms with van der Waals surface area (Å²) in [6, 6.07) is 11.6. The molecule has 3 heteroatoms. The Morgan fingerprint density at radius 1 is 0.875 bits per heavy atom. The summed E-state index contributed by atoms with van der Waals surface area (Å²) < 4.78 is 27.9. The van der Waals surface area contributed by atoms with Crippen LogP contribution >= 0.6 is 0 Å². The summed E-state index contributed by atoms with van der Waals surface area (Å²) in [5.41, 5.74) is 1.83. The first-order valence-corrected chi connectivity index (χ1v) is 7.68. The van der Waals surface area contributed by atoms with Crippen LogP contribution in [0.2, 0.25) is 0 Å². The Kier molecular flexibility index (Phi) is 4.60. The molecule has 0 aliphatic heterocycles. The van der Waals surface area contributed by atoms with Crippen LogP contribution in [-0.4, -0.2) is 0 Å². The predicted octanol–water partition coefficient (Wildman–Crippen LogP) is 4.51. The molecule has 0 bridgehead atoms. The van der Waals surface area contributed by atoms with Gasteiger partial charge in [-0.25, -0.2) is 8.78 Å². The van der Waals surface area contributed by atoms with Crippen LogP contribution < -0.4 is 0 Å². The molecule has 1 fully saturated rings. The SMILES string of the molecule is N#CC#Cc1cc(F)c(C#Cc2ccc(C3CCC3)cc2)c(F)c1. The third-order valence-corrected chi connectivity index (χ3v) is 4.12. The summed E-state index contributed by atoms with van der Waals surface area (Å²) in [5, 5.41) is 8.37. The van der Waals surface area contributed by atoms with Crippen molar-refractivity contribution >= 4 is 0 Å². The number of nitrogens with zero attached hydrogens (tertiary/aromatic N) is 1. The minimum absolute atomic E-state index is 0.113. The van der Waals surface area contributed by atoms with E-state index >= 15 is 0 Å². The van der Waals surface area contributed by atoms with E-state index in [4.69, 9.17) is 5.26 Å². The predicted molar refractivity (Wildman–Crippen MR) is 87.9 cm³/mol. The van der Waals surface area contributed by atoms with E-state index in [1.165, 1.54) is 24.8 Å². The maximum atomic E-state index is 14.0. The molecular weight excluding hydrogens is 304 g/mol. The molecular formula is C21H13F2N. The van der Waals surface area contributed by atoms with Gasteiger partial charge in [-0.1, -0.05) is 36.3 Å². The molecule has 2 aromatic carbocycles. The van der Waals surface area contributed by atoms with E-state index in [9.17, 15) is 8.78 Å². The lowest BCUT2D eigenvalue weighted by molar-refractivity contribution is 0.420. The molecule has 24 heavy (non-hydrogen) atoms. The van der Waals surface area contributed by atoms with Crippen LogP contribution in [0.25, 0.3) is 0 Å². The van der Waals surface area contributed by atoms with E-state index in [2.05, 4.69) is 23.7 Å². The van der Waals surface area contributed by atoms with E-state index in [1.54, 1.807) is 6.07 Å². The quantitative estimate of drug-likeness (QED) is 0.710. The van der Waals surface area contributed by atoms with Crippen LogP contribution in [0.5, 0.6) is 0 Å². The lowest BCUT2D eigenvalue weighted by Gasteiger charge is -2.25. The van der Waals surface area contributed by atoms with Gasteiger partial charge in [0.15, 0.2) is 6.07 Å². The van der Waals surface area contributed by atoms with E-state index < -0.39 is 11.6 Å². The van der Waals surface area contributed by atoms with Gasteiger partial charge in [0.05, 0.1) is 5.56 Å². The fourth-order valence-corrected chi connectivity index (χ4v) is 2.58. The summed E-state index contributed by atoms with van der Waals surface area (Å²) in [6.07, 6.45) is 3.73. The van der Waals surface area contributed by atoms with Gasteiger partial charge in [0.2, 0.25) is 0 Å². The molecule has 0 atom stereocenters. The van der Waals surface area contributed by atoms with Crippen molar-refractivity contribution in [3.05, 3.63) is 70.3 Å². The van der Waals surface area contributed by atoms with E-state index in [-0.39, 0.29) is 11.1 Å². The molecule has 1 aliphatic carbocycles. The maximum Gasteiger partial charge on any atom is 0.152 e. The summed E-state index contributed by atoms with van der Waals surface area (Å²) in [7, 11) is 0. The van der Waals surface area contributed by atoms with Gasteiger partial charge >= 0.3 is 0 Å². The number of rotatable bonds is 1. The first kappa shape index (κ1) is 15.8. The highest BCUT2D eigenvalue weighted by Gasteiger charge is 2.18. The molecule has 2 aromatic rings. The Morgan fingerprint density at radius 3 is 2.08 bits per heavy atom. The van der Waals surface area contributed by atoms with Gasteiger partial charge in [0.25, 0.3) is 0 Å². The van der Waals surface area contributed by atoms with Crippen molar-refractivity contribution in [2.24, 2.45) is 0 Å². The van der Waals surface area contributed by atoms with Crippen LogP contribution in [0.3, 0.4) is 0 Å². The molecule has 116 valence electrons. The number of benzene rings is 2. The average Bonchev–Trinajstić information content (AvgIpc) is 2.52. The normalized spacial score (nSPS) is 12.9. The Balaban J connectivity index is 1.84. The number of hydrogen-bond donors (Lipinski definition) is 0. The highest BCUT2D eigenvalue weighted by Crippen LogP contribution is 2.36. The number of halogens is 2. The van der Waals surface area contributed by atoms with Gasteiger partial charge in [-0.3, -0.25) is 0 Å². The Bertz CT molecular complexity index is 901. The zero-order chi connectivity index (χ0) is 16.9.